The highest BCUT2D eigenvalue weighted by Gasteiger charge is 2.31. The van der Waals surface area contributed by atoms with E-state index in [0.717, 1.165) is 6.42 Å². The monoisotopic (exact) mass is 416 g/mol. The molecule has 2 N–H and O–H groups in total. The Morgan fingerprint density at radius 1 is 1.10 bits per heavy atom. The maximum absolute atomic E-state index is 11.8. The maximum atomic E-state index is 11.8. The minimum atomic E-state index is -0.696. The minimum Gasteiger partial charge on any atom is -0.379 e. The lowest BCUT2D eigenvalue weighted by Crippen LogP contribution is -2.32. The fourth-order valence-corrected chi connectivity index (χ4v) is 2.57. The van der Waals surface area contributed by atoms with Crippen LogP contribution in [0.2, 0.25) is 0 Å². The zero-order valence-corrected chi connectivity index (χ0v) is 18.3. The Morgan fingerprint density at radius 2 is 1.79 bits per heavy atom. The molecule has 0 aromatic rings. The number of cyclic esters (lactones) is 2. The highest BCUT2D eigenvalue weighted by molar-refractivity contribution is 5.95. The summed E-state index contributed by atoms with van der Waals surface area (Å²) in [5.74, 6) is -0.721. The second-order valence-electron chi connectivity index (χ2n) is 8.38. The predicted octanol–water partition coefficient (Wildman–Crippen LogP) is 1.92. The van der Waals surface area contributed by atoms with Crippen LogP contribution in [0, 0.1) is 0 Å². The number of carbonyl (C=O) groups is 3. The number of nitrogens with one attached hydrogen (secondary N) is 2. The van der Waals surface area contributed by atoms with E-state index >= 15 is 0 Å². The van der Waals surface area contributed by atoms with Crippen LogP contribution >= 0.6 is 0 Å². The molecule has 0 bridgehead atoms. The number of carbonyl (C=O) groups excluding carboxylic acids is 3. The van der Waals surface area contributed by atoms with Gasteiger partial charge in [0, 0.05) is 20.3 Å². The van der Waals surface area contributed by atoms with E-state index in [1.165, 1.54) is 0 Å². The fraction of sp³-hybridized carbons (Fsp3) is 0.850. The molecule has 9 heteroatoms. The van der Waals surface area contributed by atoms with Gasteiger partial charge in [-0.15, -0.1) is 0 Å². The van der Waals surface area contributed by atoms with Crippen molar-refractivity contribution in [2.45, 2.75) is 77.0 Å². The summed E-state index contributed by atoms with van der Waals surface area (Å²) in [5.41, 5.74) is -0.546. The van der Waals surface area contributed by atoms with Crippen LogP contribution in [0.1, 0.15) is 59.8 Å². The van der Waals surface area contributed by atoms with Crippen molar-refractivity contribution in [1.29, 1.82) is 0 Å². The van der Waals surface area contributed by atoms with Crippen molar-refractivity contribution in [2.24, 2.45) is 0 Å². The van der Waals surface area contributed by atoms with Crippen LogP contribution in [0.3, 0.4) is 0 Å². The van der Waals surface area contributed by atoms with Gasteiger partial charge in [-0.25, -0.2) is 9.59 Å². The summed E-state index contributed by atoms with van der Waals surface area (Å²) < 4.78 is 21.1. The molecule has 2 amide bonds. The summed E-state index contributed by atoms with van der Waals surface area (Å²) >= 11 is 0. The van der Waals surface area contributed by atoms with Crippen LogP contribution in [0.5, 0.6) is 0 Å². The number of hydrogen-bond donors (Lipinski definition) is 2. The van der Waals surface area contributed by atoms with Crippen LogP contribution < -0.4 is 10.6 Å². The van der Waals surface area contributed by atoms with Crippen molar-refractivity contribution in [2.75, 3.05) is 33.5 Å². The first-order valence-corrected chi connectivity index (χ1v) is 10.1. The van der Waals surface area contributed by atoms with Crippen LogP contribution in [-0.2, 0) is 28.5 Å². The van der Waals surface area contributed by atoms with E-state index in [9.17, 15) is 14.4 Å². The Balaban J connectivity index is 2.02. The number of unbranched alkanes of at least 4 members (excludes halogenated alkanes) is 1. The largest absolute Gasteiger partial charge is 0.415 e. The summed E-state index contributed by atoms with van der Waals surface area (Å²) in [7, 11) is 1.69. The van der Waals surface area contributed by atoms with Gasteiger partial charge in [-0.3, -0.25) is 4.79 Å². The smallest absolute Gasteiger partial charge is 0.379 e. The zero-order chi connectivity index (χ0) is 21.9. The van der Waals surface area contributed by atoms with E-state index in [4.69, 9.17) is 14.2 Å². The third kappa shape index (κ3) is 11.2. The third-order valence-corrected chi connectivity index (χ3v) is 4.84. The Hall–Kier alpha value is -1.71. The van der Waals surface area contributed by atoms with Gasteiger partial charge >= 0.3 is 12.1 Å². The molecule has 1 heterocycles. The second-order valence-corrected chi connectivity index (χ2v) is 8.38. The average molecular weight is 417 g/mol. The van der Waals surface area contributed by atoms with Gasteiger partial charge < -0.3 is 29.6 Å². The molecular weight excluding hydrogens is 380 g/mol. The standard InChI is InChI=1S/C20H36N2O7/c1-19(2,26-5)10-13-28-20(3,4)9-12-27-14-16(23)21-11-7-6-8-15-17(24)29-18(25)22-15/h15H,6-14H2,1-5H3,(H,21,23)(H,22,25). The molecule has 1 aliphatic rings. The van der Waals surface area contributed by atoms with Crippen LogP contribution in [-0.4, -0.2) is 68.7 Å². The fourth-order valence-electron chi connectivity index (χ4n) is 2.57. The van der Waals surface area contributed by atoms with Gasteiger partial charge in [0.15, 0.2) is 0 Å². The molecule has 0 radical (unpaired) electrons. The highest BCUT2D eigenvalue weighted by Crippen LogP contribution is 2.18. The number of amides is 2. The van der Waals surface area contributed by atoms with Crippen molar-refractivity contribution in [3.8, 4) is 0 Å². The molecule has 0 spiro atoms. The predicted molar refractivity (Wildman–Crippen MR) is 106 cm³/mol. The molecule has 1 saturated heterocycles. The molecule has 1 atom stereocenters. The molecule has 9 nitrogen and oxygen atoms in total. The van der Waals surface area contributed by atoms with Crippen molar-refractivity contribution in [1.82, 2.24) is 10.6 Å². The van der Waals surface area contributed by atoms with Crippen molar-refractivity contribution in [3.05, 3.63) is 0 Å². The quantitative estimate of drug-likeness (QED) is 0.238. The molecule has 0 aliphatic carbocycles. The first-order chi connectivity index (χ1) is 13.5. The number of ether oxygens (including phenoxy) is 4. The third-order valence-electron chi connectivity index (χ3n) is 4.84. The van der Waals surface area contributed by atoms with E-state index in [1.54, 1.807) is 7.11 Å². The second kappa shape index (κ2) is 12.1. The number of esters is 1. The van der Waals surface area contributed by atoms with E-state index in [2.05, 4.69) is 15.4 Å². The van der Waals surface area contributed by atoms with Gasteiger partial charge in [0.05, 0.1) is 17.8 Å². The number of alkyl carbamates (subject to hydrolysis) is 1. The molecule has 1 fully saturated rings. The van der Waals surface area contributed by atoms with E-state index in [1.807, 2.05) is 27.7 Å². The minimum absolute atomic E-state index is 0.00219. The van der Waals surface area contributed by atoms with Crippen LogP contribution in [0.25, 0.3) is 0 Å². The zero-order valence-electron chi connectivity index (χ0n) is 18.3. The number of rotatable bonds is 15. The Morgan fingerprint density at radius 3 is 2.41 bits per heavy atom. The molecule has 1 unspecified atom stereocenters. The highest BCUT2D eigenvalue weighted by atomic mass is 16.6. The topological polar surface area (TPSA) is 112 Å². The van der Waals surface area contributed by atoms with Crippen LogP contribution in [0.4, 0.5) is 4.79 Å². The van der Waals surface area contributed by atoms with E-state index < -0.39 is 18.1 Å². The SMILES string of the molecule is COC(C)(C)CCOC(C)(C)CCOCC(=O)NCCCCC1NC(=O)OC1=O. The van der Waals surface area contributed by atoms with Crippen molar-refractivity contribution >= 4 is 18.0 Å². The summed E-state index contributed by atoms with van der Waals surface area (Å²) in [6.07, 6.45) is 2.66. The number of methoxy groups -OCH3 is 1. The Kier molecular flexibility index (Phi) is 10.6. The molecule has 1 rings (SSSR count). The van der Waals surface area contributed by atoms with E-state index in [0.29, 0.717) is 45.4 Å². The van der Waals surface area contributed by atoms with Crippen LogP contribution in [0.15, 0.2) is 0 Å². The van der Waals surface area contributed by atoms with Gasteiger partial charge in [0.25, 0.3) is 0 Å². The van der Waals surface area contributed by atoms with Gasteiger partial charge in [-0.2, -0.15) is 0 Å². The number of hydrogen-bond acceptors (Lipinski definition) is 7. The Labute approximate surface area is 173 Å². The summed E-state index contributed by atoms with van der Waals surface area (Å²) in [6.45, 7) is 9.54. The van der Waals surface area contributed by atoms with Crippen molar-refractivity contribution in [3.63, 3.8) is 0 Å². The molecule has 0 aromatic carbocycles. The lowest BCUT2D eigenvalue weighted by Gasteiger charge is -2.28. The first kappa shape index (κ1) is 25.3. The lowest BCUT2D eigenvalue weighted by molar-refractivity contribution is -0.135. The summed E-state index contributed by atoms with van der Waals surface area (Å²) in [4.78, 5) is 34.0. The van der Waals surface area contributed by atoms with Gasteiger partial charge in [-0.1, -0.05) is 0 Å². The van der Waals surface area contributed by atoms with Crippen molar-refractivity contribution < 1.29 is 33.3 Å². The van der Waals surface area contributed by atoms with Gasteiger partial charge in [0.1, 0.15) is 12.6 Å². The lowest BCUT2D eigenvalue weighted by atomic mass is 10.0. The molecular formula is C20H36N2O7. The average Bonchev–Trinajstić information content (AvgIpc) is 2.95. The molecule has 29 heavy (non-hydrogen) atoms. The molecule has 1 aliphatic heterocycles. The van der Waals surface area contributed by atoms with Gasteiger partial charge in [0.2, 0.25) is 5.91 Å². The molecule has 0 aromatic heterocycles. The van der Waals surface area contributed by atoms with E-state index in [-0.39, 0.29) is 23.7 Å². The molecule has 168 valence electrons. The summed E-state index contributed by atoms with van der Waals surface area (Å²) in [6, 6.07) is -0.576. The molecule has 0 saturated carbocycles. The summed E-state index contributed by atoms with van der Waals surface area (Å²) in [5, 5.41) is 5.21. The Bertz CT molecular complexity index is 549. The normalized spacial score (nSPS) is 17.2. The maximum Gasteiger partial charge on any atom is 0.415 e. The van der Waals surface area contributed by atoms with Gasteiger partial charge in [-0.05, 0) is 59.8 Å². The first-order valence-electron chi connectivity index (χ1n) is 10.1.